The Hall–Kier alpha value is -3.43. The number of para-hydroxylation sites is 2. The molecule has 0 fully saturated rings. The number of carbonyl (C=O) groups excluding carboxylic acids is 1. The molecule has 1 heterocycles. The summed E-state index contributed by atoms with van der Waals surface area (Å²) in [6.45, 7) is 4.82. The molecule has 0 radical (unpaired) electrons. The van der Waals surface area contributed by atoms with Crippen molar-refractivity contribution in [2.24, 2.45) is 4.99 Å². The first-order valence-corrected chi connectivity index (χ1v) is 13.6. The van der Waals surface area contributed by atoms with Gasteiger partial charge in [-0.15, -0.1) is 0 Å². The second kappa shape index (κ2) is 10.5. The predicted octanol–water partition coefficient (Wildman–Crippen LogP) is 5.08. The molecule has 9 heteroatoms. The lowest BCUT2D eigenvalue weighted by Crippen LogP contribution is -2.30. The van der Waals surface area contributed by atoms with E-state index < -0.39 is 15.9 Å². The zero-order chi connectivity index (χ0) is 25.0. The van der Waals surface area contributed by atoms with Crippen LogP contribution in [0.1, 0.15) is 30.6 Å². The van der Waals surface area contributed by atoms with E-state index in [1.54, 1.807) is 38.3 Å². The molecule has 182 valence electrons. The molecular formula is C26H27N3O4S2. The Kier molecular flexibility index (Phi) is 7.37. The molecule has 0 aliphatic carbocycles. The molecule has 0 N–H and O–H groups in total. The Labute approximate surface area is 209 Å². The number of nitrogens with zero attached hydrogens (tertiary/aromatic N) is 3. The Morgan fingerprint density at radius 2 is 1.71 bits per heavy atom. The number of methoxy groups -OCH3 is 1. The van der Waals surface area contributed by atoms with Gasteiger partial charge in [-0.05, 0) is 61.9 Å². The third kappa shape index (κ3) is 4.87. The van der Waals surface area contributed by atoms with Gasteiger partial charge in [0.25, 0.3) is 15.9 Å². The van der Waals surface area contributed by atoms with Crippen LogP contribution >= 0.6 is 11.3 Å². The topological polar surface area (TPSA) is 81.0 Å². The van der Waals surface area contributed by atoms with E-state index in [2.05, 4.69) is 11.9 Å². The average Bonchev–Trinajstić information content (AvgIpc) is 3.22. The van der Waals surface area contributed by atoms with E-state index >= 15 is 0 Å². The Morgan fingerprint density at radius 3 is 2.34 bits per heavy atom. The van der Waals surface area contributed by atoms with Crippen molar-refractivity contribution in [1.29, 1.82) is 0 Å². The number of hydrogen-bond donors (Lipinski definition) is 0. The number of rotatable bonds is 8. The minimum Gasteiger partial charge on any atom is -0.495 e. The second-order valence-electron chi connectivity index (χ2n) is 7.79. The maximum atomic E-state index is 13.2. The van der Waals surface area contributed by atoms with Crippen LogP contribution in [0, 0.1) is 0 Å². The lowest BCUT2D eigenvalue weighted by Gasteiger charge is -2.22. The van der Waals surface area contributed by atoms with Crippen molar-refractivity contribution in [3.05, 3.63) is 83.2 Å². The molecule has 4 rings (SSSR count). The van der Waals surface area contributed by atoms with Crippen molar-refractivity contribution < 1.29 is 17.9 Å². The number of sulfonamides is 1. The molecule has 35 heavy (non-hydrogen) atoms. The summed E-state index contributed by atoms with van der Waals surface area (Å²) in [6, 6.07) is 20.6. The number of benzene rings is 3. The molecule has 0 bridgehead atoms. The van der Waals surface area contributed by atoms with Crippen LogP contribution in [0.2, 0.25) is 0 Å². The highest BCUT2D eigenvalue weighted by Gasteiger charge is 2.23. The molecule has 7 nitrogen and oxygen atoms in total. The number of ether oxygens (including phenoxy) is 1. The number of carbonyl (C=O) groups is 1. The van der Waals surface area contributed by atoms with Gasteiger partial charge in [0.1, 0.15) is 11.3 Å². The van der Waals surface area contributed by atoms with Crippen molar-refractivity contribution in [2.75, 3.05) is 18.0 Å². The molecule has 0 atom stereocenters. The number of aromatic nitrogens is 1. The van der Waals surface area contributed by atoms with E-state index in [4.69, 9.17) is 4.74 Å². The summed E-state index contributed by atoms with van der Waals surface area (Å²) in [4.78, 5) is 18.1. The van der Waals surface area contributed by atoms with Crippen LogP contribution in [0.4, 0.5) is 5.69 Å². The quantitative estimate of drug-likeness (QED) is 0.332. The highest BCUT2D eigenvalue weighted by Crippen LogP contribution is 2.28. The number of anilines is 1. The van der Waals surface area contributed by atoms with Gasteiger partial charge in [-0.3, -0.25) is 9.10 Å². The lowest BCUT2D eigenvalue weighted by molar-refractivity contribution is 0.0997. The summed E-state index contributed by atoms with van der Waals surface area (Å²) in [5, 5.41) is 0. The summed E-state index contributed by atoms with van der Waals surface area (Å²) in [7, 11) is -2.15. The molecule has 3 aromatic carbocycles. The smallest absolute Gasteiger partial charge is 0.279 e. The molecule has 0 saturated carbocycles. The molecule has 0 unspecified atom stereocenters. The molecule has 0 saturated heterocycles. The highest BCUT2D eigenvalue weighted by atomic mass is 32.2. The molecule has 0 aliphatic heterocycles. The van der Waals surface area contributed by atoms with Gasteiger partial charge in [0.15, 0.2) is 4.80 Å². The highest BCUT2D eigenvalue weighted by molar-refractivity contribution is 7.92. The number of thiazole rings is 1. The van der Waals surface area contributed by atoms with Gasteiger partial charge in [-0.25, -0.2) is 8.42 Å². The van der Waals surface area contributed by atoms with Crippen LogP contribution in [0.5, 0.6) is 5.75 Å². The number of fused-ring (bicyclic) bond motifs is 1. The first-order chi connectivity index (χ1) is 16.9. The fraction of sp³-hybridized carbons (Fsp3) is 0.231. The summed E-state index contributed by atoms with van der Waals surface area (Å²) < 4.78 is 36.3. The van der Waals surface area contributed by atoms with Crippen molar-refractivity contribution in [3.63, 3.8) is 0 Å². The molecule has 0 spiro atoms. The summed E-state index contributed by atoms with van der Waals surface area (Å²) in [5.74, 6) is 0.300. The van der Waals surface area contributed by atoms with Gasteiger partial charge in [-0.2, -0.15) is 4.99 Å². The number of hydrogen-bond acceptors (Lipinski definition) is 5. The van der Waals surface area contributed by atoms with E-state index in [1.165, 1.54) is 39.9 Å². The fourth-order valence-electron chi connectivity index (χ4n) is 3.91. The molecule has 0 aliphatic rings. The number of aryl methyl sites for hydroxylation is 1. The standard InChI is InChI=1S/C26H27N3O4S2/c1-4-18-28-24-22(33-3)12-9-13-23(24)34-26(28)27-25(30)19-14-16-21(17-15-19)35(31,32)29(5-2)20-10-7-6-8-11-20/h6-17H,4-5,18H2,1-3H3. The van der Waals surface area contributed by atoms with Crippen molar-refractivity contribution in [2.45, 2.75) is 31.7 Å². The van der Waals surface area contributed by atoms with Crippen LogP contribution in [0.15, 0.2) is 82.7 Å². The van der Waals surface area contributed by atoms with Crippen molar-refractivity contribution in [1.82, 2.24) is 4.57 Å². The Balaban J connectivity index is 1.68. The Bertz CT molecular complexity index is 1510. The van der Waals surface area contributed by atoms with E-state index in [0.717, 1.165) is 22.4 Å². The first kappa shape index (κ1) is 24.7. The minimum absolute atomic E-state index is 0.118. The monoisotopic (exact) mass is 509 g/mol. The van der Waals surface area contributed by atoms with Gasteiger partial charge in [0.05, 0.1) is 22.4 Å². The van der Waals surface area contributed by atoms with Gasteiger partial charge >= 0.3 is 0 Å². The van der Waals surface area contributed by atoms with Crippen LogP contribution in [0.25, 0.3) is 10.2 Å². The molecule has 1 amide bonds. The zero-order valence-electron chi connectivity index (χ0n) is 19.8. The van der Waals surface area contributed by atoms with Crippen LogP contribution in [-0.2, 0) is 16.6 Å². The number of amides is 1. The molecule has 4 aromatic rings. The zero-order valence-corrected chi connectivity index (χ0v) is 21.5. The molecular weight excluding hydrogens is 482 g/mol. The van der Waals surface area contributed by atoms with Gasteiger partial charge in [-0.1, -0.05) is 42.5 Å². The van der Waals surface area contributed by atoms with Crippen molar-refractivity contribution >= 4 is 43.2 Å². The van der Waals surface area contributed by atoms with E-state index in [-0.39, 0.29) is 11.4 Å². The van der Waals surface area contributed by atoms with E-state index in [1.807, 2.05) is 28.8 Å². The normalized spacial score (nSPS) is 12.1. The summed E-state index contributed by atoms with van der Waals surface area (Å²) in [6.07, 6.45) is 0.868. The lowest BCUT2D eigenvalue weighted by atomic mass is 10.2. The van der Waals surface area contributed by atoms with Crippen LogP contribution in [-0.4, -0.2) is 32.5 Å². The Morgan fingerprint density at radius 1 is 1.00 bits per heavy atom. The van der Waals surface area contributed by atoms with Crippen molar-refractivity contribution in [3.8, 4) is 5.75 Å². The minimum atomic E-state index is -3.77. The first-order valence-electron chi connectivity index (χ1n) is 11.3. The van der Waals surface area contributed by atoms with Gasteiger partial charge < -0.3 is 9.30 Å². The third-order valence-electron chi connectivity index (χ3n) is 5.55. The second-order valence-corrected chi connectivity index (χ2v) is 10.7. The summed E-state index contributed by atoms with van der Waals surface area (Å²) >= 11 is 1.42. The summed E-state index contributed by atoms with van der Waals surface area (Å²) in [5.41, 5.74) is 1.82. The SMILES string of the molecule is CCCn1c(=NC(=O)c2ccc(S(=O)(=O)N(CC)c3ccccc3)cc2)sc2cccc(OC)c21. The fourth-order valence-corrected chi connectivity index (χ4v) is 6.46. The predicted molar refractivity (Wildman–Crippen MR) is 140 cm³/mol. The van der Waals surface area contributed by atoms with Gasteiger partial charge in [0, 0.05) is 18.7 Å². The average molecular weight is 510 g/mol. The maximum absolute atomic E-state index is 13.2. The van der Waals surface area contributed by atoms with Crippen LogP contribution < -0.4 is 13.8 Å². The third-order valence-corrected chi connectivity index (χ3v) is 8.51. The van der Waals surface area contributed by atoms with E-state index in [0.29, 0.717) is 22.6 Å². The molecule has 1 aromatic heterocycles. The maximum Gasteiger partial charge on any atom is 0.279 e. The van der Waals surface area contributed by atoms with E-state index in [9.17, 15) is 13.2 Å². The van der Waals surface area contributed by atoms with Crippen LogP contribution in [0.3, 0.4) is 0 Å². The van der Waals surface area contributed by atoms with Gasteiger partial charge in [0.2, 0.25) is 0 Å². The largest absolute Gasteiger partial charge is 0.495 e.